The second kappa shape index (κ2) is 4.46. The van der Waals surface area contributed by atoms with E-state index >= 15 is 0 Å². The van der Waals surface area contributed by atoms with E-state index in [1.165, 1.54) is 25.7 Å². The number of rotatable bonds is 3. The van der Waals surface area contributed by atoms with E-state index in [2.05, 4.69) is 11.4 Å². The first-order chi connectivity index (χ1) is 8.26. The number of hydrogen-bond donors (Lipinski definition) is 1. The van der Waals surface area contributed by atoms with Crippen molar-refractivity contribution in [1.29, 1.82) is 0 Å². The molecular formula is C14H21NO2. The van der Waals surface area contributed by atoms with Crippen LogP contribution < -0.4 is 5.32 Å². The average Bonchev–Trinajstić information content (AvgIpc) is 2.71. The zero-order valence-electron chi connectivity index (χ0n) is 10.5. The second-order valence-corrected chi connectivity index (χ2v) is 5.47. The lowest BCUT2D eigenvalue weighted by molar-refractivity contribution is -0.135. The van der Waals surface area contributed by atoms with Crippen LogP contribution in [-0.2, 0) is 11.3 Å². The molecule has 1 N–H and O–H groups in total. The van der Waals surface area contributed by atoms with Gasteiger partial charge in [-0.15, -0.1) is 0 Å². The van der Waals surface area contributed by atoms with Crippen molar-refractivity contribution in [3.05, 3.63) is 23.7 Å². The van der Waals surface area contributed by atoms with Crippen molar-refractivity contribution in [1.82, 2.24) is 5.32 Å². The summed E-state index contributed by atoms with van der Waals surface area (Å²) in [6.07, 6.45) is 6.15. The molecule has 2 fully saturated rings. The lowest BCUT2D eigenvalue weighted by Gasteiger charge is -2.47. The van der Waals surface area contributed by atoms with Crippen molar-refractivity contribution in [2.45, 2.75) is 57.2 Å². The molecule has 1 saturated heterocycles. The summed E-state index contributed by atoms with van der Waals surface area (Å²) in [5.74, 6) is 2.03. The lowest BCUT2D eigenvalue weighted by atomic mass is 9.74. The van der Waals surface area contributed by atoms with Crippen LogP contribution in [0.5, 0.6) is 0 Å². The first kappa shape index (κ1) is 11.3. The van der Waals surface area contributed by atoms with Gasteiger partial charge in [0.15, 0.2) is 0 Å². The molecular weight excluding hydrogens is 214 g/mol. The number of hydrogen-bond acceptors (Lipinski definition) is 3. The van der Waals surface area contributed by atoms with Crippen LogP contribution in [0.4, 0.5) is 0 Å². The summed E-state index contributed by atoms with van der Waals surface area (Å²) in [4.78, 5) is 0. The van der Waals surface area contributed by atoms with Crippen molar-refractivity contribution < 1.29 is 9.15 Å². The van der Waals surface area contributed by atoms with Gasteiger partial charge in [0.05, 0.1) is 12.1 Å². The summed E-state index contributed by atoms with van der Waals surface area (Å²) in [5, 5.41) is 3.60. The van der Waals surface area contributed by atoms with Gasteiger partial charge in [-0.2, -0.15) is 0 Å². The minimum atomic E-state index is 0.231. The Balaban J connectivity index is 1.51. The van der Waals surface area contributed by atoms with Crippen molar-refractivity contribution in [3.63, 3.8) is 0 Å². The van der Waals surface area contributed by atoms with E-state index in [0.29, 0.717) is 6.04 Å². The molecule has 2 aliphatic rings. The largest absolute Gasteiger partial charge is 0.465 e. The second-order valence-electron chi connectivity index (χ2n) is 5.47. The van der Waals surface area contributed by atoms with E-state index in [9.17, 15) is 0 Å². The summed E-state index contributed by atoms with van der Waals surface area (Å²) in [5.41, 5.74) is 0.231. The molecule has 1 spiro atoms. The van der Waals surface area contributed by atoms with Gasteiger partial charge >= 0.3 is 0 Å². The topological polar surface area (TPSA) is 34.4 Å². The Bertz CT molecular complexity index is 381. The molecule has 94 valence electrons. The van der Waals surface area contributed by atoms with Crippen LogP contribution in [0.15, 0.2) is 16.5 Å². The molecule has 2 heterocycles. The maximum Gasteiger partial charge on any atom is 0.117 e. The van der Waals surface area contributed by atoms with E-state index in [1.54, 1.807) is 0 Å². The standard InChI is InChI=1S/C14H21NO2/c1-11-3-4-13(17-11)10-15-12-5-8-16-14(9-12)6-2-7-14/h3-4,12,15H,2,5-10H2,1H3. The zero-order valence-corrected chi connectivity index (χ0v) is 10.5. The Kier molecular flexibility index (Phi) is 2.97. The van der Waals surface area contributed by atoms with Crippen LogP contribution in [-0.4, -0.2) is 18.2 Å². The SMILES string of the molecule is Cc1ccc(CNC2CCOC3(CCC3)C2)o1. The fourth-order valence-corrected chi connectivity index (χ4v) is 2.95. The average molecular weight is 235 g/mol. The molecule has 3 heteroatoms. The van der Waals surface area contributed by atoms with Crippen LogP contribution in [0.2, 0.25) is 0 Å². The maximum absolute atomic E-state index is 5.92. The Morgan fingerprint density at radius 2 is 2.29 bits per heavy atom. The van der Waals surface area contributed by atoms with Gasteiger partial charge in [-0.25, -0.2) is 0 Å². The highest BCUT2D eigenvalue weighted by molar-refractivity contribution is 5.05. The van der Waals surface area contributed by atoms with Crippen LogP contribution in [0.1, 0.15) is 43.6 Å². The molecule has 0 amide bonds. The Labute approximate surface area is 103 Å². The van der Waals surface area contributed by atoms with E-state index in [4.69, 9.17) is 9.15 Å². The molecule has 3 nitrogen and oxygen atoms in total. The molecule has 0 radical (unpaired) electrons. The number of furan rings is 1. The number of nitrogens with one attached hydrogen (secondary N) is 1. The Morgan fingerprint density at radius 3 is 2.94 bits per heavy atom. The van der Waals surface area contributed by atoms with Gasteiger partial charge in [0.1, 0.15) is 11.5 Å². The molecule has 1 aliphatic heterocycles. The normalized spacial score (nSPS) is 27.0. The predicted molar refractivity (Wildman–Crippen MR) is 65.8 cm³/mol. The highest BCUT2D eigenvalue weighted by atomic mass is 16.5. The highest BCUT2D eigenvalue weighted by Crippen LogP contribution is 2.42. The van der Waals surface area contributed by atoms with E-state index in [-0.39, 0.29) is 5.60 Å². The van der Waals surface area contributed by atoms with Crippen molar-refractivity contribution >= 4 is 0 Å². The zero-order chi connectivity index (χ0) is 11.7. The fourth-order valence-electron chi connectivity index (χ4n) is 2.95. The molecule has 1 atom stereocenters. The molecule has 1 aromatic rings. The van der Waals surface area contributed by atoms with Gasteiger partial charge in [0.2, 0.25) is 0 Å². The molecule has 1 unspecified atom stereocenters. The van der Waals surface area contributed by atoms with Crippen LogP contribution in [0.25, 0.3) is 0 Å². The maximum atomic E-state index is 5.92. The minimum absolute atomic E-state index is 0.231. The Hall–Kier alpha value is -0.800. The van der Waals surface area contributed by atoms with Crippen molar-refractivity contribution in [2.75, 3.05) is 6.61 Å². The van der Waals surface area contributed by atoms with Crippen molar-refractivity contribution in [3.8, 4) is 0 Å². The molecule has 17 heavy (non-hydrogen) atoms. The molecule has 0 aromatic carbocycles. The summed E-state index contributed by atoms with van der Waals surface area (Å²) in [7, 11) is 0. The summed E-state index contributed by atoms with van der Waals surface area (Å²) in [6.45, 7) is 3.74. The number of aryl methyl sites for hydroxylation is 1. The van der Waals surface area contributed by atoms with Gasteiger partial charge in [-0.1, -0.05) is 0 Å². The summed E-state index contributed by atoms with van der Waals surface area (Å²) >= 11 is 0. The number of ether oxygens (including phenoxy) is 1. The van der Waals surface area contributed by atoms with E-state index in [0.717, 1.165) is 31.1 Å². The van der Waals surface area contributed by atoms with Gasteiger partial charge in [-0.3, -0.25) is 0 Å². The smallest absolute Gasteiger partial charge is 0.117 e. The Morgan fingerprint density at radius 1 is 1.41 bits per heavy atom. The third kappa shape index (κ3) is 2.40. The quantitative estimate of drug-likeness (QED) is 0.874. The van der Waals surface area contributed by atoms with Gasteiger partial charge in [0.25, 0.3) is 0 Å². The predicted octanol–water partition coefficient (Wildman–Crippen LogP) is 2.78. The van der Waals surface area contributed by atoms with Crippen LogP contribution >= 0.6 is 0 Å². The van der Waals surface area contributed by atoms with Gasteiger partial charge in [-0.05, 0) is 51.2 Å². The third-order valence-corrected chi connectivity index (χ3v) is 4.12. The molecule has 3 rings (SSSR count). The summed E-state index contributed by atoms with van der Waals surface area (Å²) in [6, 6.07) is 4.67. The molecule has 0 bridgehead atoms. The van der Waals surface area contributed by atoms with Gasteiger partial charge < -0.3 is 14.5 Å². The molecule has 1 aromatic heterocycles. The lowest BCUT2D eigenvalue weighted by Crippen LogP contribution is -2.50. The first-order valence-electron chi connectivity index (χ1n) is 6.68. The van der Waals surface area contributed by atoms with Crippen molar-refractivity contribution in [2.24, 2.45) is 0 Å². The first-order valence-corrected chi connectivity index (χ1v) is 6.68. The molecule has 1 aliphatic carbocycles. The van der Waals surface area contributed by atoms with Crippen LogP contribution in [0, 0.1) is 6.92 Å². The third-order valence-electron chi connectivity index (χ3n) is 4.12. The van der Waals surface area contributed by atoms with E-state index < -0.39 is 0 Å². The monoisotopic (exact) mass is 235 g/mol. The summed E-state index contributed by atoms with van der Waals surface area (Å²) < 4.78 is 11.5. The van der Waals surface area contributed by atoms with Gasteiger partial charge in [0, 0.05) is 12.6 Å². The highest BCUT2D eigenvalue weighted by Gasteiger charge is 2.42. The van der Waals surface area contributed by atoms with Crippen LogP contribution in [0.3, 0.4) is 0 Å². The fraction of sp³-hybridized carbons (Fsp3) is 0.714. The minimum Gasteiger partial charge on any atom is -0.465 e. The van der Waals surface area contributed by atoms with E-state index in [1.807, 2.05) is 13.0 Å². The molecule has 1 saturated carbocycles.